The van der Waals surface area contributed by atoms with E-state index >= 15 is 0 Å². The topological polar surface area (TPSA) is 191 Å². The van der Waals surface area contributed by atoms with E-state index in [1.807, 2.05) is 103 Å². The van der Waals surface area contributed by atoms with Crippen molar-refractivity contribution in [3.8, 4) is 28.0 Å². The van der Waals surface area contributed by atoms with E-state index in [2.05, 4.69) is 71.6 Å². The Morgan fingerprint density at radius 2 is 0.947 bits per heavy atom. The van der Waals surface area contributed by atoms with E-state index < -0.39 is 20.0 Å². The summed E-state index contributed by atoms with van der Waals surface area (Å²) in [7, 11) is -6.29. The number of H-pyrrole nitrogens is 2. The smallest absolute Gasteiger partial charge is 0.268 e. The van der Waals surface area contributed by atoms with E-state index in [1.165, 1.54) is 0 Å². The zero-order valence-electron chi connectivity index (χ0n) is 42.9. The standard InChI is InChI=1S/C60H60N6O7S2/c1-59(2,3)42-19-26-47(27-20-42)74(69,70)65-44-23-30-51-49(35-44)53(38-14-10-8-11-15-38)55(63-51)57(67)61-33-32-40-34-46(73-7)25-18-41(40)37-62-58(68)56-54(39-16-12-9-13-17-39)50-36-45(24-31-52(50)64-56)66-75(71,72)48-28-21-43(22-29-48)60(4,5)6/h8-31,34-36,63-66H,32-33,37H2,1-7H3,(H,61,67)(H,62,68). The molecule has 0 spiro atoms. The van der Waals surface area contributed by atoms with Crippen LogP contribution < -0.4 is 24.8 Å². The molecule has 2 heterocycles. The van der Waals surface area contributed by atoms with Gasteiger partial charge < -0.3 is 25.3 Å². The molecular weight excluding hydrogens is 981 g/mol. The molecule has 6 N–H and O–H groups in total. The third-order valence-corrected chi connectivity index (χ3v) is 16.1. The number of ether oxygens (including phenoxy) is 1. The second-order valence-electron chi connectivity index (χ2n) is 20.6. The zero-order valence-corrected chi connectivity index (χ0v) is 44.5. The van der Waals surface area contributed by atoms with Gasteiger partial charge in [0.05, 0.1) is 16.9 Å². The van der Waals surface area contributed by atoms with Crippen LogP contribution in [0, 0.1) is 0 Å². The number of hydrogen-bond donors (Lipinski definition) is 6. The molecule has 0 bridgehead atoms. The van der Waals surface area contributed by atoms with Gasteiger partial charge >= 0.3 is 0 Å². The molecular formula is C60H60N6O7S2. The molecule has 0 aliphatic rings. The van der Waals surface area contributed by atoms with Gasteiger partial charge in [-0.2, -0.15) is 0 Å². The normalized spacial score (nSPS) is 12.1. The van der Waals surface area contributed by atoms with Crippen molar-refractivity contribution >= 4 is 65.0 Å². The highest BCUT2D eigenvalue weighted by Gasteiger charge is 2.25. The first-order chi connectivity index (χ1) is 35.7. The minimum Gasteiger partial charge on any atom is -0.497 e. The second-order valence-corrected chi connectivity index (χ2v) is 24.0. The molecule has 0 fully saturated rings. The van der Waals surface area contributed by atoms with Gasteiger partial charge in [-0.1, -0.05) is 133 Å². The van der Waals surface area contributed by atoms with Crippen LogP contribution in [0.4, 0.5) is 11.4 Å². The molecule has 2 amide bonds. The first-order valence-corrected chi connectivity index (χ1v) is 27.6. The largest absolute Gasteiger partial charge is 0.497 e. The third-order valence-electron chi connectivity index (χ3n) is 13.3. The van der Waals surface area contributed by atoms with Crippen molar-refractivity contribution in [1.82, 2.24) is 20.6 Å². The van der Waals surface area contributed by atoms with E-state index in [0.717, 1.165) is 33.4 Å². The molecule has 0 saturated carbocycles. The van der Waals surface area contributed by atoms with Gasteiger partial charge in [-0.3, -0.25) is 19.0 Å². The van der Waals surface area contributed by atoms with Crippen LogP contribution in [0.1, 0.15) is 84.8 Å². The summed E-state index contributed by atoms with van der Waals surface area (Å²) in [6, 6.07) is 48.5. The maximum absolute atomic E-state index is 14.3. The molecule has 0 saturated heterocycles. The average molecular weight is 1040 g/mol. The molecule has 15 heteroatoms. The number of nitrogens with one attached hydrogen (secondary N) is 6. The average Bonchev–Trinajstić information content (AvgIpc) is 3.97. The monoisotopic (exact) mass is 1040 g/mol. The molecule has 9 rings (SSSR count). The van der Waals surface area contributed by atoms with Gasteiger partial charge in [0, 0.05) is 57.4 Å². The highest BCUT2D eigenvalue weighted by atomic mass is 32.2. The van der Waals surface area contributed by atoms with Crippen molar-refractivity contribution in [3.05, 3.63) is 197 Å². The molecule has 0 aliphatic carbocycles. The van der Waals surface area contributed by atoms with Crippen LogP contribution in [0.25, 0.3) is 44.1 Å². The Balaban J connectivity index is 0.928. The van der Waals surface area contributed by atoms with Crippen molar-refractivity contribution in [2.45, 2.75) is 75.1 Å². The maximum atomic E-state index is 14.3. The van der Waals surface area contributed by atoms with Gasteiger partial charge in [0.2, 0.25) is 0 Å². The highest BCUT2D eigenvalue weighted by molar-refractivity contribution is 7.93. The molecule has 7 aromatic carbocycles. The summed E-state index contributed by atoms with van der Waals surface area (Å²) in [5.41, 5.74) is 8.78. The molecule has 0 unspecified atom stereocenters. The van der Waals surface area contributed by atoms with Gasteiger partial charge in [-0.25, -0.2) is 16.8 Å². The summed E-state index contributed by atoms with van der Waals surface area (Å²) < 4.78 is 65.4. The number of hydrogen-bond acceptors (Lipinski definition) is 7. The molecule has 0 aliphatic heterocycles. The lowest BCUT2D eigenvalue weighted by Gasteiger charge is -2.19. The van der Waals surface area contributed by atoms with E-state index in [9.17, 15) is 26.4 Å². The minimum absolute atomic E-state index is 0.134. The fraction of sp³-hybridized carbons (Fsp3) is 0.200. The van der Waals surface area contributed by atoms with E-state index in [4.69, 9.17) is 4.74 Å². The Bertz CT molecular complexity index is 3800. The molecule has 9 aromatic rings. The number of aromatic amines is 2. The van der Waals surface area contributed by atoms with Crippen LogP contribution in [0.2, 0.25) is 0 Å². The number of carbonyl (C=O) groups excluding carboxylic acids is 2. The van der Waals surface area contributed by atoms with Gasteiger partial charge in [0.25, 0.3) is 31.9 Å². The lowest BCUT2D eigenvalue weighted by atomic mass is 9.87. The molecule has 2 aromatic heterocycles. The highest BCUT2D eigenvalue weighted by Crippen LogP contribution is 2.37. The number of benzene rings is 7. The van der Waals surface area contributed by atoms with E-state index in [0.29, 0.717) is 67.9 Å². The quantitative estimate of drug-likeness (QED) is 0.0555. The van der Waals surface area contributed by atoms with Crippen molar-refractivity contribution in [2.24, 2.45) is 0 Å². The minimum atomic E-state index is -3.93. The Hall–Kier alpha value is -8.14. The number of fused-ring (bicyclic) bond motifs is 2. The fourth-order valence-corrected chi connectivity index (χ4v) is 11.3. The Labute approximate surface area is 438 Å². The van der Waals surface area contributed by atoms with Crippen LogP contribution >= 0.6 is 0 Å². The van der Waals surface area contributed by atoms with Crippen LogP contribution in [-0.2, 0) is 43.8 Å². The van der Waals surface area contributed by atoms with Crippen LogP contribution in [0.3, 0.4) is 0 Å². The van der Waals surface area contributed by atoms with E-state index in [-0.39, 0.29) is 45.5 Å². The van der Waals surface area contributed by atoms with Gasteiger partial charge in [-0.05, 0) is 123 Å². The Morgan fingerprint density at radius 3 is 1.37 bits per heavy atom. The van der Waals surface area contributed by atoms with Gasteiger partial charge in [0.1, 0.15) is 17.1 Å². The van der Waals surface area contributed by atoms with Crippen molar-refractivity contribution in [3.63, 3.8) is 0 Å². The number of aromatic nitrogens is 2. The number of methoxy groups -OCH3 is 1. The summed E-state index contributed by atoms with van der Waals surface area (Å²) in [5, 5.41) is 7.50. The predicted molar refractivity (Wildman–Crippen MR) is 300 cm³/mol. The SMILES string of the molecule is COc1ccc(CNC(=O)c2[nH]c3ccc(NS(=O)(=O)c4ccc(C(C)(C)C)cc4)cc3c2-c2ccccc2)c(CCNC(=O)c2[nH]c3ccc(NS(=O)(=O)c4ccc(C(C)(C)C)cc4)cc3c2-c2ccccc2)c1. The number of sulfonamides is 2. The van der Waals surface area contributed by atoms with Crippen LogP contribution in [0.15, 0.2) is 174 Å². The fourth-order valence-electron chi connectivity index (χ4n) is 9.15. The number of carbonyl (C=O) groups is 2. The summed E-state index contributed by atoms with van der Waals surface area (Å²) in [6.45, 7) is 12.8. The third kappa shape index (κ3) is 11.3. The lowest BCUT2D eigenvalue weighted by molar-refractivity contribution is 0.0942. The van der Waals surface area contributed by atoms with Crippen molar-refractivity contribution < 1.29 is 31.2 Å². The molecule has 0 radical (unpaired) electrons. The maximum Gasteiger partial charge on any atom is 0.268 e. The first kappa shape index (κ1) is 51.7. The van der Waals surface area contributed by atoms with Gasteiger partial charge in [0.15, 0.2) is 0 Å². The Kier molecular flexibility index (Phi) is 14.2. The molecule has 13 nitrogen and oxygen atoms in total. The number of rotatable bonds is 16. The molecule has 384 valence electrons. The Morgan fingerprint density at radius 1 is 0.507 bits per heavy atom. The molecule has 75 heavy (non-hydrogen) atoms. The van der Waals surface area contributed by atoms with Crippen molar-refractivity contribution in [1.29, 1.82) is 0 Å². The van der Waals surface area contributed by atoms with Crippen LogP contribution in [0.5, 0.6) is 5.75 Å². The second kappa shape index (κ2) is 20.6. The molecule has 0 atom stereocenters. The lowest BCUT2D eigenvalue weighted by Crippen LogP contribution is -2.27. The van der Waals surface area contributed by atoms with E-state index in [1.54, 1.807) is 67.8 Å². The van der Waals surface area contributed by atoms with Crippen LogP contribution in [-0.4, -0.2) is 52.3 Å². The van der Waals surface area contributed by atoms with Gasteiger partial charge in [-0.15, -0.1) is 0 Å². The number of amides is 2. The summed E-state index contributed by atoms with van der Waals surface area (Å²) in [4.78, 5) is 35.4. The predicted octanol–water partition coefficient (Wildman–Crippen LogP) is 12.1. The zero-order chi connectivity index (χ0) is 53.3. The number of anilines is 2. The summed E-state index contributed by atoms with van der Waals surface area (Å²) in [6.07, 6.45) is 0.388. The summed E-state index contributed by atoms with van der Waals surface area (Å²) >= 11 is 0. The first-order valence-electron chi connectivity index (χ1n) is 24.6. The van der Waals surface area contributed by atoms with Crippen molar-refractivity contribution in [2.75, 3.05) is 23.1 Å². The summed E-state index contributed by atoms with van der Waals surface area (Å²) in [5.74, 6) is -0.127.